The third kappa shape index (κ3) is 4.01. The number of hydrogen-bond donors (Lipinski definition) is 1. The highest BCUT2D eigenvalue weighted by molar-refractivity contribution is 7.17. The van der Waals surface area contributed by atoms with E-state index in [1.165, 1.54) is 23.3 Å². The molecule has 2 aliphatic rings. The first-order valence-corrected chi connectivity index (χ1v) is 10.3. The van der Waals surface area contributed by atoms with E-state index in [0.717, 1.165) is 36.5 Å². The molecule has 1 saturated carbocycles. The number of rotatable bonds is 5. The average Bonchev–Trinajstić information content (AvgIpc) is 3.14. The van der Waals surface area contributed by atoms with Crippen LogP contribution in [0, 0.1) is 11.8 Å². The molecule has 1 aromatic carbocycles. The molecule has 1 saturated heterocycles. The molecule has 138 valence electrons. The molecule has 2 fully saturated rings. The van der Waals surface area contributed by atoms with E-state index in [4.69, 9.17) is 27.9 Å². The summed E-state index contributed by atoms with van der Waals surface area (Å²) in [6.45, 7) is 3.64. The van der Waals surface area contributed by atoms with E-state index in [-0.39, 0.29) is 0 Å². The zero-order valence-electron chi connectivity index (χ0n) is 14.2. The Morgan fingerprint density at radius 3 is 2.73 bits per heavy atom. The van der Waals surface area contributed by atoms with Crippen LogP contribution in [0.25, 0.3) is 0 Å². The number of nitrogens with zero attached hydrogens (tertiary/aromatic N) is 1. The number of hydrogen-bond acceptors (Lipinski definition) is 4. The van der Waals surface area contributed by atoms with Crippen molar-refractivity contribution < 1.29 is 9.53 Å². The van der Waals surface area contributed by atoms with Gasteiger partial charge in [-0.1, -0.05) is 46.7 Å². The summed E-state index contributed by atoms with van der Waals surface area (Å²) in [4.78, 5) is 14.2. The Morgan fingerprint density at radius 1 is 1.19 bits per heavy atom. The molecule has 1 amide bonds. The highest BCUT2D eigenvalue weighted by atomic mass is 35.5. The summed E-state index contributed by atoms with van der Waals surface area (Å²) in [7, 11) is 0. The number of ether oxygens (including phenoxy) is 1. The van der Waals surface area contributed by atoms with Crippen LogP contribution >= 0.6 is 34.5 Å². The van der Waals surface area contributed by atoms with Crippen LogP contribution in [0.2, 0.25) is 9.36 Å². The van der Waals surface area contributed by atoms with Crippen LogP contribution in [-0.2, 0) is 0 Å². The van der Waals surface area contributed by atoms with Gasteiger partial charge in [0, 0.05) is 31.2 Å². The molecule has 4 rings (SSSR count). The minimum absolute atomic E-state index is 0.426. The molecule has 7 heteroatoms. The molecule has 2 aromatic rings. The van der Waals surface area contributed by atoms with E-state index in [1.807, 2.05) is 12.1 Å². The van der Waals surface area contributed by atoms with Gasteiger partial charge in [-0.3, -0.25) is 0 Å². The van der Waals surface area contributed by atoms with Gasteiger partial charge in [-0.2, -0.15) is 0 Å². The van der Waals surface area contributed by atoms with Crippen molar-refractivity contribution >= 4 is 40.6 Å². The van der Waals surface area contributed by atoms with Crippen LogP contribution in [0.1, 0.15) is 17.9 Å². The molecule has 1 aromatic heterocycles. The van der Waals surface area contributed by atoms with E-state index >= 15 is 0 Å². The Labute approximate surface area is 167 Å². The zero-order chi connectivity index (χ0) is 18.1. The third-order valence-electron chi connectivity index (χ3n) is 5.38. The van der Waals surface area contributed by atoms with Gasteiger partial charge in [0.05, 0.1) is 4.34 Å². The predicted octanol–water partition coefficient (Wildman–Crippen LogP) is 4.88. The molecule has 4 nitrogen and oxygen atoms in total. The maximum absolute atomic E-state index is 11.8. The highest BCUT2D eigenvalue weighted by Crippen LogP contribution is 2.51. The molecule has 1 N–H and O–H groups in total. The maximum Gasteiger partial charge on any atom is 0.413 e. The van der Waals surface area contributed by atoms with Gasteiger partial charge in [-0.05, 0) is 54.0 Å². The number of carbonyl (C=O) groups excluding carboxylic acids is 1. The molecule has 0 bridgehead atoms. The minimum Gasteiger partial charge on any atom is -0.399 e. The van der Waals surface area contributed by atoms with Gasteiger partial charge < -0.3 is 15.0 Å². The topological polar surface area (TPSA) is 41.6 Å². The van der Waals surface area contributed by atoms with Crippen LogP contribution in [0.4, 0.5) is 4.79 Å². The molecular weight excluding hydrogens is 391 g/mol. The maximum atomic E-state index is 11.8. The largest absolute Gasteiger partial charge is 0.413 e. The van der Waals surface area contributed by atoms with Crippen molar-refractivity contribution in [3.63, 3.8) is 0 Å². The van der Waals surface area contributed by atoms with Crippen molar-refractivity contribution in [3.05, 3.63) is 51.3 Å². The van der Waals surface area contributed by atoms with Crippen molar-refractivity contribution in [1.29, 1.82) is 0 Å². The van der Waals surface area contributed by atoms with Gasteiger partial charge >= 0.3 is 6.09 Å². The summed E-state index contributed by atoms with van der Waals surface area (Å²) in [5, 5.41) is 4.12. The van der Waals surface area contributed by atoms with Gasteiger partial charge in [0.25, 0.3) is 0 Å². The second kappa shape index (κ2) is 7.77. The lowest BCUT2D eigenvalue weighted by atomic mass is 9.64. The van der Waals surface area contributed by atoms with Crippen molar-refractivity contribution in [2.24, 2.45) is 11.8 Å². The molecule has 0 radical (unpaired) electrons. The molecule has 0 spiro atoms. The average molecular weight is 411 g/mol. The fourth-order valence-electron chi connectivity index (χ4n) is 4.07. The lowest BCUT2D eigenvalue weighted by Crippen LogP contribution is -2.35. The highest BCUT2D eigenvalue weighted by Gasteiger charge is 2.47. The first kappa shape index (κ1) is 18.1. The quantitative estimate of drug-likeness (QED) is 0.763. The number of halogens is 2. The fourth-order valence-corrected chi connectivity index (χ4v) is 5.07. The molecule has 26 heavy (non-hydrogen) atoms. The number of nitrogens with one attached hydrogen (secondary N) is 1. The van der Waals surface area contributed by atoms with Gasteiger partial charge in [0.1, 0.15) is 0 Å². The van der Waals surface area contributed by atoms with Crippen LogP contribution in [0.3, 0.4) is 0 Å². The van der Waals surface area contributed by atoms with Gasteiger partial charge in [0.2, 0.25) is 0 Å². The van der Waals surface area contributed by atoms with Crippen molar-refractivity contribution in [2.75, 3.05) is 26.2 Å². The van der Waals surface area contributed by atoms with Crippen molar-refractivity contribution in [3.8, 4) is 5.06 Å². The van der Waals surface area contributed by atoms with Crippen molar-refractivity contribution in [2.45, 2.75) is 12.3 Å². The minimum atomic E-state index is -0.426. The SMILES string of the molecule is O=C(NCCN1CC2CC(c3ccc(Cl)cc3)C2C1)Oc1ccc(Cl)s1. The summed E-state index contributed by atoms with van der Waals surface area (Å²) in [5.41, 5.74) is 1.40. The summed E-state index contributed by atoms with van der Waals surface area (Å²) in [5.74, 6) is 2.14. The van der Waals surface area contributed by atoms with Gasteiger partial charge in [-0.25, -0.2) is 4.79 Å². The predicted molar refractivity (Wildman–Crippen MR) is 106 cm³/mol. The number of thiophene rings is 1. The van der Waals surface area contributed by atoms with Crippen molar-refractivity contribution in [1.82, 2.24) is 10.2 Å². The summed E-state index contributed by atoms with van der Waals surface area (Å²) >= 11 is 13.1. The number of amides is 1. The first-order valence-electron chi connectivity index (χ1n) is 8.77. The normalized spacial score (nSPS) is 24.8. The molecular formula is C19H20Cl2N2O2S. The third-order valence-corrected chi connectivity index (χ3v) is 6.74. The van der Waals surface area contributed by atoms with Crippen LogP contribution < -0.4 is 10.1 Å². The second-order valence-electron chi connectivity index (χ2n) is 6.95. The van der Waals surface area contributed by atoms with E-state index in [1.54, 1.807) is 12.1 Å². The smallest absolute Gasteiger partial charge is 0.399 e. The molecule has 2 heterocycles. The standard InChI is InChI=1S/C19H20Cl2N2O2S/c20-14-3-1-12(2-4-14)15-9-13-10-23(11-16(13)15)8-7-22-19(24)25-18-6-5-17(21)26-18/h1-6,13,15-16H,7-11H2,(H,22,24). The number of fused-ring (bicyclic) bond motifs is 1. The Hall–Kier alpha value is -1.27. The van der Waals surface area contributed by atoms with Crippen LogP contribution in [0.5, 0.6) is 5.06 Å². The lowest BCUT2D eigenvalue weighted by Gasteiger charge is -2.40. The summed E-state index contributed by atoms with van der Waals surface area (Å²) in [6.07, 6.45) is 0.821. The zero-order valence-corrected chi connectivity index (χ0v) is 16.5. The fraction of sp³-hybridized carbons (Fsp3) is 0.421. The Bertz CT molecular complexity index is 780. The van der Waals surface area contributed by atoms with E-state index < -0.39 is 6.09 Å². The molecule has 3 atom stereocenters. The van der Waals surface area contributed by atoms with Crippen LogP contribution in [0.15, 0.2) is 36.4 Å². The first-order chi connectivity index (χ1) is 12.6. The second-order valence-corrected chi connectivity index (χ2v) is 9.07. The summed E-state index contributed by atoms with van der Waals surface area (Å²) in [6, 6.07) is 11.7. The number of carbonyl (C=O) groups is 1. The van der Waals surface area contributed by atoms with Crippen LogP contribution in [-0.4, -0.2) is 37.2 Å². The Balaban J connectivity index is 1.20. The monoisotopic (exact) mass is 410 g/mol. The molecule has 1 aliphatic heterocycles. The van der Waals surface area contributed by atoms with E-state index in [0.29, 0.717) is 21.9 Å². The van der Waals surface area contributed by atoms with E-state index in [2.05, 4.69) is 22.3 Å². The molecule has 3 unspecified atom stereocenters. The number of benzene rings is 1. The lowest BCUT2D eigenvalue weighted by molar-refractivity contribution is 0.191. The summed E-state index contributed by atoms with van der Waals surface area (Å²) < 4.78 is 5.80. The Morgan fingerprint density at radius 2 is 2.00 bits per heavy atom. The van der Waals surface area contributed by atoms with E-state index in [9.17, 15) is 4.79 Å². The molecule has 1 aliphatic carbocycles. The van der Waals surface area contributed by atoms with Gasteiger partial charge in [0.15, 0.2) is 5.06 Å². The number of likely N-dealkylation sites (tertiary alicyclic amines) is 1. The van der Waals surface area contributed by atoms with Gasteiger partial charge in [-0.15, -0.1) is 0 Å². The Kier molecular flexibility index (Phi) is 5.41.